The Morgan fingerprint density at radius 2 is 1.69 bits per heavy atom. The number of amides is 1. The van der Waals surface area contributed by atoms with Crippen LogP contribution in [-0.2, 0) is 14.8 Å². The van der Waals surface area contributed by atoms with E-state index in [-0.39, 0.29) is 18.0 Å². The lowest BCUT2D eigenvalue weighted by Gasteiger charge is -2.31. The average molecular weight is 410 g/mol. The number of carbonyl (C=O) groups excluding carboxylic acids is 1. The van der Waals surface area contributed by atoms with E-state index in [9.17, 15) is 13.2 Å². The van der Waals surface area contributed by atoms with Gasteiger partial charge in [-0.15, -0.1) is 0 Å². The molecule has 0 spiro atoms. The van der Waals surface area contributed by atoms with Crippen LogP contribution >= 0.6 is 0 Å². The van der Waals surface area contributed by atoms with Crippen LogP contribution in [0, 0.1) is 6.92 Å². The van der Waals surface area contributed by atoms with Crippen molar-refractivity contribution >= 4 is 15.9 Å². The van der Waals surface area contributed by atoms with Crippen molar-refractivity contribution in [3.63, 3.8) is 0 Å². The Balaban J connectivity index is 1.57. The molecule has 6 nitrogen and oxygen atoms in total. The van der Waals surface area contributed by atoms with E-state index in [0.717, 1.165) is 16.7 Å². The van der Waals surface area contributed by atoms with E-state index in [4.69, 9.17) is 0 Å². The molecule has 150 valence electrons. The van der Waals surface area contributed by atoms with Crippen LogP contribution < -0.4 is 0 Å². The first kappa shape index (κ1) is 18.4. The summed E-state index contributed by atoms with van der Waals surface area (Å²) in [5.41, 5.74) is 3.08. The van der Waals surface area contributed by atoms with Crippen LogP contribution in [0.2, 0.25) is 0 Å². The summed E-state index contributed by atoms with van der Waals surface area (Å²) in [6.45, 7) is 2.96. The molecule has 29 heavy (non-hydrogen) atoms. The van der Waals surface area contributed by atoms with Gasteiger partial charge in [0.25, 0.3) is 10.0 Å². The third kappa shape index (κ3) is 2.88. The smallest absolute Gasteiger partial charge is 0.263 e. The van der Waals surface area contributed by atoms with Crippen molar-refractivity contribution in [3.05, 3.63) is 77.5 Å². The predicted molar refractivity (Wildman–Crippen MR) is 109 cm³/mol. The Hall–Kier alpha value is -2.64. The Morgan fingerprint density at radius 3 is 2.41 bits per heavy atom. The third-order valence-corrected chi connectivity index (χ3v) is 7.81. The molecule has 0 N–H and O–H groups in total. The molecule has 2 fully saturated rings. The second kappa shape index (κ2) is 6.71. The number of hydrogen-bond acceptors (Lipinski definition) is 4. The van der Waals surface area contributed by atoms with Gasteiger partial charge < -0.3 is 0 Å². The highest BCUT2D eigenvalue weighted by Gasteiger charge is 2.51. The van der Waals surface area contributed by atoms with Crippen molar-refractivity contribution in [2.24, 2.45) is 0 Å². The minimum absolute atomic E-state index is 0.0697. The Labute approximate surface area is 171 Å². The standard InChI is InChI=1S/C22H23N3O3S/c1-16-7-9-18(10-8-16)29(27,28)23-13-11-20-19(15-23)22(17-5-3-2-4-6-17)24-14-12-21(26)25(20)24/h2-10,15,20,22H,11-14H2,1H3/t20-,22-/m0/s1. The van der Waals surface area contributed by atoms with Gasteiger partial charge in [0.15, 0.2) is 0 Å². The molecule has 3 heterocycles. The molecule has 3 aliphatic heterocycles. The lowest BCUT2D eigenvalue weighted by atomic mass is 9.92. The number of sulfonamides is 1. The zero-order valence-electron chi connectivity index (χ0n) is 16.2. The zero-order valence-corrected chi connectivity index (χ0v) is 17.0. The highest BCUT2D eigenvalue weighted by molar-refractivity contribution is 7.89. The molecule has 3 aliphatic rings. The van der Waals surface area contributed by atoms with Crippen molar-refractivity contribution < 1.29 is 13.2 Å². The summed E-state index contributed by atoms with van der Waals surface area (Å²) >= 11 is 0. The van der Waals surface area contributed by atoms with Crippen LogP contribution in [-0.4, -0.2) is 47.8 Å². The zero-order chi connectivity index (χ0) is 20.2. The molecule has 2 atom stereocenters. The van der Waals surface area contributed by atoms with Gasteiger partial charge in [0, 0.05) is 25.7 Å². The lowest BCUT2D eigenvalue weighted by Crippen LogP contribution is -2.42. The van der Waals surface area contributed by atoms with Gasteiger partial charge in [-0.2, -0.15) is 0 Å². The van der Waals surface area contributed by atoms with Gasteiger partial charge in [-0.1, -0.05) is 48.0 Å². The average Bonchev–Trinajstić information content (AvgIpc) is 3.26. The van der Waals surface area contributed by atoms with E-state index in [2.05, 4.69) is 5.01 Å². The van der Waals surface area contributed by atoms with Crippen LogP contribution in [0.25, 0.3) is 0 Å². The molecule has 0 aromatic heterocycles. The van der Waals surface area contributed by atoms with E-state index in [1.54, 1.807) is 18.3 Å². The molecular weight excluding hydrogens is 386 g/mol. The van der Waals surface area contributed by atoms with Gasteiger partial charge in [-0.25, -0.2) is 13.4 Å². The van der Waals surface area contributed by atoms with Gasteiger partial charge in [0.2, 0.25) is 5.91 Å². The maximum atomic E-state index is 13.2. The maximum absolute atomic E-state index is 13.2. The number of nitrogens with zero attached hydrogens (tertiary/aromatic N) is 3. The molecular formula is C22H23N3O3S. The summed E-state index contributed by atoms with van der Waals surface area (Å²) in [7, 11) is -3.63. The first-order chi connectivity index (χ1) is 14.0. The fourth-order valence-corrected chi connectivity index (χ4v) is 6.00. The first-order valence-electron chi connectivity index (χ1n) is 9.90. The highest BCUT2D eigenvalue weighted by Crippen LogP contribution is 2.46. The summed E-state index contributed by atoms with van der Waals surface area (Å²) in [6, 6.07) is 16.8. The van der Waals surface area contributed by atoms with Crippen LogP contribution in [0.4, 0.5) is 0 Å². The number of carbonyl (C=O) groups is 1. The number of hydrazine groups is 1. The lowest BCUT2D eigenvalue weighted by molar-refractivity contribution is -0.138. The summed E-state index contributed by atoms with van der Waals surface area (Å²) in [5.74, 6) is 0.120. The van der Waals surface area contributed by atoms with Crippen molar-refractivity contribution in [3.8, 4) is 0 Å². The van der Waals surface area contributed by atoms with Crippen LogP contribution in [0.1, 0.15) is 30.0 Å². The second-order valence-electron chi connectivity index (χ2n) is 7.83. The molecule has 2 aromatic rings. The number of benzene rings is 2. The van der Waals surface area contributed by atoms with Crippen LogP contribution in [0.15, 0.2) is 71.3 Å². The molecule has 0 radical (unpaired) electrons. The number of fused-ring (bicyclic) bond motifs is 3. The third-order valence-electron chi connectivity index (χ3n) is 6.04. The summed E-state index contributed by atoms with van der Waals surface area (Å²) in [4.78, 5) is 12.8. The molecule has 0 bridgehead atoms. The molecule has 7 heteroatoms. The van der Waals surface area contributed by atoms with Crippen LogP contribution in [0.5, 0.6) is 0 Å². The van der Waals surface area contributed by atoms with Gasteiger partial charge in [-0.05, 0) is 36.6 Å². The van der Waals surface area contributed by atoms with Crippen molar-refractivity contribution in [1.29, 1.82) is 0 Å². The van der Waals surface area contributed by atoms with Crippen molar-refractivity contribution in [2.75, 3.05) is 13.1 Å². The first-order valence-corrected chi connectivity index (χ1v) is 11.3. The van der Waals surface area contributed by atoms with Gasteiger partial charge in [-0.3, -0.25) is 14.1 Å². The molecule has 0 saturated carbocycles. The van der Waals surface area contributed by atoms with E-state index in [1.165, 1.54) is 4.31 Å². The van der Waals surface area contributed by atoms with E-state index in [0.29, 0.717) is 30.8 Å². The monoisotopic (exact) mass is 409 g/mol. The minimum Gasteiger partial charge on any atom is -0.273 e. The fourth-order valence-electron chi connectivity index (χ4n) is 4.64. The van der Waals surface area contributed by atoms with Gasteiger partial charge in [0.05, 0.1) is 17.0 Å². The van der Waals surface area contributed by atoms with Crippen molar-refractivity contribution in [1.82, 2.24) is 14.3 Å². The van der Waals surface area contributed by atoms with Gasteiger partial charge in [0.1, 0.15) is 0 Å². The fraction of sp³-hybridized carbons (Fsp3) is 0.318. The Morgan fingerprint density at radius 1 is 0.966 bits per heavy atom. The second-order valence-corrected chi connectivity index (χ2v) is 9.72. The van der Waals surface area contributed by atoms with Crippen LogP contribution in [0.3, 0.4) is 0 Å². The van der Waals surface area contributed by atoms with Crippen molar-refractivity contribution in [2.45, 2.75) is 36.7 Å². The molecule has 5 rings (SSSR count). The highest BCUT2D eigenvalue weighted by atomic mass is 32.2. The van der Waals surface area contributed by atoms with Gasteiger partial charge >= 0.3 is 0 Å². The molecule has 2 aromatic carbocycles. The summed E-state index contributed by atoms with van der Waals surface area (Å²) < 4.78 is 27.9. The minimum atomic E-state index is -3.63. The van der Waals surface area contributed by atoms with E-state index in [1.807, 2.05) is 54.4 Å². The SMILES string of the molecule is Cc1ccc(S(=O)(=O)N2C=C3[C@H](c4ccccc4)N4CCC(=O)N4[C@H]3CC2)cc1. The number of aryl methyl sites for hydroxylation is 1. The quantitative estimate of drug-likeness (QED) is 0.782. The largest absolute Gasteiger partial charge is 0.273 e. The normalized spacial score (nSPS) is 24.4. The van der Waals surface area contributed by atoms with E-state index < -0.39 is 10.0 Å². The molecule has 0 unspecified atom stereocenters. The Kier molecular flexibility index (Phi) is 4.26. The molecule has 1 amide bonds. The summed E-state index contributed by atoms with van der Waals surface area (Å²) in [6.07, 6.45) is 2.88. The number of rotatable bonds is 3. The molecule has 2 saturated heterocycles. The Bertz CT molecular complexity index is 1080. The van der Waals surface area contributed by atoms with E-state index >= 15 is 0 Å². The summed E-state index contributed by atoms with van der Waals surface area (Å²) in [5, 5.41) is 3.97. The number of hydrogen-bond donors (Lipinski definition) is 0. The topological polar surface area (TPSA) is 60.9 Å². The predicted octanol–water partition coefficient (Wildman–Crippen LogP) is 2.85. The maximum Gasteiger partial charge on any atom is 0.263 e. The molecule has 0 aliphatic carbocycles.